The van der Waals surface area contributed by atoms with Gasteiger partial charge in [0.1, 0.15) is 6.61 Å². The monoisotopic (exact) mass is 273 g/mol. The van der Waals surface area contributed by atoms with Gasteiger partial charge >= 0.3 is 5.97 Å². The van der Waals surface area contributed by atoms with Crippen molar-refractivity contribution in [1.29, 1.82) is 0 Å². The fourth-order valence-electron chi connectivity index (χ4n) is 2.03. The lowest BCUT2D eigenvalue weighted by molar-refractivity contribution is -0.142. The minimum atomic E-state index is -0.492. The van der Waals surface area contributed by atoms with E-state index in [1.807, 2.05) is 18.2 Å². The minimum absolute atomic E-state index is 0.295. The standard InChI is InChI=1S/C16H19NO3/c1-12(10-13-6-4-3-5-7-13)8-9-15-17-14(11-20-15)16(18)19-2/h3-7,10,14H,8-9,11H2,1-2H3/b12-10+. The van der Waals surface area contributed by atoms with Gasteiger partial charge in [0, 0.05) is 6.42 Å². The Balaban J connectivity index is 1.87. The number of carbonyl (C=O) groups is 1. The van der Waals surface area contributed by atoms with Crippen molar-refractivity contribution in [2.45, 2.75) is 25.8 Å². The maximum atomic E-state index is 11.3. The van der Waals surface area contributed by atoms with Gasteiger partial charge in [-0.15, -0.1) is 0 Å². The average Bonchev–Trinajstić information content (AvgIpc) is 2.94. The number of aliphatic imine (C=N–C) groups is 1. The van der Waals surface area contributed by atoms with Crippen LogP contribution in [0.4, 0.5) is 0 Å². The van der Waals surface area contributed by atoms with E-state index in [9.17, 15) is 4.79 Å². The van der Waals surface area contributed by atoms with E-state index in [0.717, 1.165) is 6.42 Å². The number of esters is 1. The summed E-state index contributed by atoms with van der Waals surface area (Å²) in [4.78, 5) is 15.5. The molecule has 1 atom stereocenters. The van der Waals surface area contributed by atoms with Crippen molar-refractivity contribution in [1.82, 2.24) is 0 Å². The van der Waals surface area contributed by atoms with E-state index in [1.54, 1.807) is 0 Å². The van der Waals surface area contributed by atoms with Crippen LogP contribution < -0.4 is 0 Å². The van der Waals surface area contributed by atoms with Crippen LogP contribution in [0, 0.1) is 0 Å². The van der Waals surface area contributed by atoms with Crippen molar-refractivity contribution in [3.05, 3.63) is 41.5 Å². The molecule has 0 aromatic heterocycles. The Morgan fingerprint density at radius 3 is 2.90 bits per heavy atom. The van der Waals surface area contributed by atoms with Gasteiger partial charge in [-0.2, -0.15) is 0 Å². The maximum absolute atomic E-state index is 11.3. The topological polar surface area (TPSA) is 47.9 Å². The van der Waals surface area contributed by atoms with Crippen molar-refractivity contribution in [2.75, 3.05) is 13.7 Å². The lowest BCUT2D eigenvalue weighted by Crippen LogP contribution is -2.21. The number of rotatable bonds is 5. The highest BCUT2D eigenvalue weighted by Crippen LogP contribution is 2.15. The first-order chi connectivity index (χ1) is 9.69. The van der Waals surface area contributed by atoms with Gasteiger partial charge in [0.25, 0.3) is 0 Å². The molecule has 0 saturated carbocycles. The molecule has 4 heteroatoms. The Hall–Kier alpha value is -2.10. The van der Waals surface area contributed by atoms with Crippen LogP contribution in [-0.4, -0.2) is 31.6 Å². The van der Waals surface area contributed by atoms with Crippen LogP contribution in [0.15, 0.2) is 40.9 Å². The molecule has 106 valence electrons. The van der Waals surface area contributed by atoms with Crippen LogP contribution in [-0.2, 0) is 14.3 Å². The van der Waals surface area contributed by atoms with Crippen molar-refractivity contribution < 1.29 is 14.3 Å². The molecule has 0 N–H and O–H groups in total. The lowest BCUT2D eigenvalue weighted by atomic mass is 10.1. The van der Waals surface area contributed by atoms with Gasteiger partial charge < -0.3 is 9.47 Å². The highest BCUT2D eigenvalue weighted by molar-refractivity contribution is 5.85. The highest BCUT2D eigenvalue weighted by Gasteiger charge is 2.25. The third-order valence-corrected chi connectivity index (χ3v) is 3.13. The number of nitrogens with zero attached hydrogens (tertiary/aromatic N) is 1. The molecule has 1 aromatic rings. The molecule has 20 heavy (non-hydrogen) atoms. The first-order valence-electron chi connectivity index (χ1n) is 6.68. The second-order valence-corrected chi connectivity index (χ2v) is 4.77. The summed E-state index contributed by atoms with van der Waals surface area (Å²) in [6.07, 6.45) is 3.72. The molecule has 1 aliphatic heterocycles. The molecule has 2 rings (SSSR count). The van der Waals surface area contributed by atoms with E-state index in [0.29, 0.717) is 18.9 Å². The molecule has 0 bridgehead atoms. The van der Waals surface area contributed by atoms with E-state index >= 15 is 0 Å². The molecule has 0 aliphatic carbocycles. The Kier molecular flexibility index (Phi) is 4.93. The first-order valence-corrected chi connectivity index (χ1v) is 6.68. The van der Waals surface area contributed by atoms with Gasteiger partial charge in [-0.25, -0.2) is 9.79 Å². The molecule has 0 amide bonds. The zero-order valence-electron chi connectivity index (χ0n) is 11.8. The third-order valence-electron chi connectivity index (χ3n) is 3.13. The smallest absolute Gasteiger partial charge is 0.334 e. The van der Waals surface area contributed by atoms with Crippen LogP contribution in [0.1, 0.15) is 25.3 Å². The second kappa shape index (κ2) is 6.89. The van der Waals surface area contributed by atoms with Crippen LogP contribution >= 0.6 is 0 Å². The summed E-state index contributed by atoms with van der Waals surface area (Å²) < 4.78 is 10.1. The van der Waals surface area contributed by atoms with Crippen molar-refractivity contribution >= 4 is 17.9 Å². The molecule has 1 aliphatic rings. The summed E-state index contributed by atoms with van der Waals surface area (Å²) in [5.74, 6) is 0.303. The molecule has 1 aromatic carbocycles. The summed E-state index contributed by atoms with van der Waals surface area (Å²) in [5, 5.41) is 0. The number of benzene rings is 1. The summed E-state index contributed by atoms with van der Waals surface area (Å²) in [6.45, 7) is 2.38. The van der Waals surface area contributed by atoms with E-state index in [1.165, 1.54) is 18.2 Å². The maximum Gasteiger partial charge on any atom is 0.334 e. The minimum Gasteiger partial charge on any atom is -0.478 e. The SMILES string of the molecule is COC(=O)C1COC(CC/C(C)=C/c2ccccc2)=N1. The van der Waals surface area contributed by atoms with Gasteiger partial charge in [0.15, 0.2) is 11.9 Å². The number of allylic oxidation sites excluding steroid dienone is 1. The Morgan fingerprint density at radius 2 is 2.20 bits per heavy atom. The van der Waals surface area contributed by atoms with Crippen molar-refractivity contribution in [3.8, 4) is 0 Å². The summed E-state index contributed by atoms with van der Waals surface area (Å²) in [6, 6.07) is 9.68. The predicted molar refractivity (Wildman–Crippen MR) is 78.5 cm³/mol. The van der Waals surface area contributed by atoms with E-state index < -0.39 is 6.04 Å². The van der Waals surface area contributed by atoms with Gasteiger partial charge in [0.2, 0.25) is 0 Å². The number of ether oxygens (including phenoxy) is 2. The van der Waals surface area contributed by atoms with Crippen LogP contribution in [0.2, 0.25) is 0 Å². The number of hydrogen-bond acceptors (Lipinski definition) is 4. The van der Waals surface area contributed by atoms with E-state index in [2.05, 4.69) is 34.9 Å². The normalized spacial score (nSPS) is 18.4. The largest absolute Gasteiger partial charge is 0.478 e. The summed E-state index contributed by atoms with van der Waals surface area (Å²) in [7, 11) is 1.36. The molecule has 1 heterocycles. The average molecular weight is 273 g/mol. The molecular formula is C16H19NO3. The number of carbonyl (C=O) groups excluding carboxylic acids is 1. The number of methoxy groups -OCH3 is 1. The van der Waals surface area contributed by atoms with Gasteiger partial charge in [-0.05, 0) is 18.9 Å². The molecular weight excluding hydrogens is 254 g/mol. The summed E-state index contributed by atoms with van der Waals surface area (Å²) in [5.41, 5.74) is 2.44. The molecule has 4 nitrogen and oxygen atoms in total. The Bertz CT molecular complexity index is 520. The zero-order chi connectivity index (χ0) is 14.4. The molecule has 0 spiro atoms. The van der Waals surface area contributed by atoms with Crippen molar-refractivity contribution in [3.63, 3.8) is 0 Å². The molecule has 0 fully saturated rings. The molecule has 0 saturated heterocycles. The van der Waals surface area contributed by atoms with Crippen LogP contribution in [0.25, 0.3) is 6.08 Å². The molecule has 1 unspecified atom stereocenters. The quantitative estimate of drug-likeness (QED) is 0.775. The fourth-order valence-corrected chi connectivity index (χ4v) is 2.03. The Labute approximate surface area is 119 Å². The lowest BCUT2D eigenvalue weighted by Gasteiger charge is -2.02. The summed E-state index contributed by atoms with van der Waals surface area (Å²) >= 11 is 0. The van der Waals surface area contributed by atoms with Gasteiger partial charge in [0.05, 0.1) is 7.11 Å². The number of hydrogen-bond donors (Lipinski definition) is 0. The third kappa shape index (κ3) is 3.95. The Morgan fingerprint density at radius 1 is 1.45 bits per heavy atom. The molecule has 0 radical (unpaired) electrons. The highest BCUT2D eigenvalue weighted by atomic mass is 16.5. The van der Waals surface area contributed by atoms with Gasteiger partial charge in [-0.1, -0.05) is 42.0 Å². The fraction of sp³-hybridized carbons (Fsp3) is 0.375. The zero-order valence-corrected chi connectivity index (χ0v) is 11.8. The first kappa shape index (κ1) is 14.3. The van der Waals surface area contributed by atoms with Crippen LogP contribution in [0.5, 0.6) is 0 Å². The van der Waals surface area contributed by atoms with Crippen molar-refractivity contribution in [2.24, 2.45) is 4.99 Å². The van der Waals surface area contributed by atoms with E-state index in [-0.39, 0.29) is 5.97 Å². The second-order valence-electron chi connectivity index (χ2n) is 4.77. The predicted octanol–water partition coefficient (Wildman–Crippen LogP) is 2.84. The van der Waals surface area contributed by atoms with Crippen LogP contribution in [0.3, 0.4) is 0 Å². The van der Waals surface area contributed by atoms with Gasteiger partial charge in [-0.3, -0.25) is 0 Å². The van der Waals surface area contributed by atoms with E-state index in [4.69, 9.17) is 4.74 Å².